The summed E-state index contributed by atoms with van der Waals surface area (Å²) in [7, 11) is 0. The summed E-state index contributed by atoms with van der Waals surface area (Å²) in [5, 5.41) is 10.8. The van der Waals surface area contributed by atoms with Crippen molar-refractivity contribution in [3.05, 3.63) is 32.8 Å². The molecule has 150 valence electrons. The highest BCUT2D eigenvalue weighted by Crippen LogP contribution is 2.42. The van der Waals surface area contributed by atoms with Crippen LogP contribution in [0.5, 0.6) is 0 Å². The molecule has 0 aliphatic carbocycles. The van der Waals surface area contributed by atoms with E-state index in [1.54, 1.807) is 4.90 Å². The zero-order valence-electron chi connectivity index (χ0n) is 14.7. The highest BCUT2D eigenvalue weighted by atomic mass is 35.5. The number of rotatable bonds is 4. The monoisotopic (exact) mass is 407 g/mol. The average Bonchev–Trinajstić information content (AvgIpc) is 2.61. The lowest BCUT2D eigenvalue weighted by molar-refractivity contribution is -0.384. The molecule has 0 unspecified atom stereocenters. The highest BCUT2D eigenvalue weighted by Gasteiger charge is 2.37. The molecule has 2 aliphatic rings. The standard InChI is InChI=1S/C17H21ClF3N3O3/c18-14-10-15(16(24(25)26)9-13(14)17(19,20)21)23-3-1-12(2-4-23)11-22-5-7-27-8-6-22/h9-10,12H,1-8,11H2. The van der Waals surface area contributed by atoms with Crippen molar-refractivity contribution in [1.82, 2.24) is 4.90 Å². The average molecular weight is 408 g/mol. The van der Waals surface area contributed by atoms with Gasteiger partial charge in [0, 0.05) is 38.8 Å². The molecule has 2 aliphatic heterocycles. The number of hydrogen-bond donors (Lipinski definition) is 0. The van der Waals surface area contributed by atoms with Crippen LogP contribution in [0, 0.1) is 16.0 Å². The van der Waals surface area contributed by atoms with Crippen LogP contribution in [0.4, 0.5) is 24.5 Å². The second-order valence-electron chi connectivity index (χ2n) is 6.92. The molecule has 10 heteroatoms. The number of morpholine rings is 1. The molecule has 2 heterocycles. The van der Waals surface area contributed by atoms with Gasteiger partial charge in [0.2, 0.25) is 0 Å². The number of halogens is 4. The van der Waals surface area contributed by atoms with Crippen molar-refractivity contribution in [2.24, 2.45) is 5.92 Å². The van der Waals surface area contributed by atoms with Crippen molar-refractivity contribution < 1.29 is 22.8 Å². The minimum absolute atomic E-state index is 0.155. The Morgan fingerprint density at radius 3 is 2.37 bits per heavy atom. The van der Waals surface area contributed by atoms with E-state index < -0.39 is 27.4 Å². The van der Waals surface area contributed by atoms with E-state index in [2.05, 4.69) is 4.90 Å². The van der Waals surface area contributed by atoms with Crippen LogP contribution >= 0.6 is 11.6 Å². The summed E-state index contributed by atoms with van der Waals surface area (Å²) >= 11 is 5.78. The van der Waals surface area contributed by atoms with Crippen LogP contribution in [0.3, 0.4) is 0 Å². The van der Waals surface area contributed by atoms with Gasteiger partial charge >= 0.3 is 6.18 Å². The predicted octanol–water partition coefficient (Wildman–Crippen LogP) is 3.82. The summed E-state index contributed by atoms with van der Waals surface area (Å²) < 4.78 is 44.4. The summed E-state index contributed by atoms with van der Waals surface area (Å²) in [4.78, 5) is 14.7. The van der Waals surface area contributed by atoms with Crippen LogP contribution in [0.15, 0.2) is 12.1 Å². The first-order valence-corrected chi connectivity index (χ1v) is 9.23. The van der Waals surface area contributed by atoms with Crippen LogP contribution < -0.4 is 4.90 Å². The number of alkyl halides is 3. The molecule has 0 aromatic heterocycles. The van der Waals surface area contributed by atoms with Gasteiger partial charge in [-0.3, -0.25) is 15.0 Å². The van der Waals surface area contributed by atoms with Crippen LogP contribution in [0.2, 0.25) is 5.02 Å². The van der Waals surface area contributed by atoms with Crippen molar-refractivity contribution in [1.29, 1.82) is 0 Å². The van der Waals surface area contributed by atoms with E-state index in [0.717, 1.165) is 51.8 Å². The van der Waals surface area contributed by atoms with Gasteiger partial charge in [0.25, 0.3) is 5.69 Å². The molecule has 0 atom stereocenters. The van der Waals surface area contributed by atoms with Gasteiger partial charge in [-0.2, -0.15) is 13.2 Å². The number of anilines is 1. The molecule has 2 fully saturated rings. The Morgan fingerprint density at radius 1 is 1.19 bits per heavy atom. The van der Waals surface area contributed by atoms with Crippen molar-refractivity contribution in [2.75, 3.05) is 50.8 Å². The molecule has 0 spiro atoms. The Kier molecular flexibility index (Phi) is 6.12. The summed E-state index contributed by atoms with van der Waals surface area (Å²) in [6.07, 6.45) is -3.08. The molecule has 2 saturated heterocycles. The smallest absolute Gasteiger partial charge is 0.379 e. The number of piperidine rings is 1. The van der Waals surface area contributed by atoms with Gasteiger partial charge in [-0.25, -0.2) is 0 Å². The van der Waals surface area contributed by atoms with Crippen molar-refractivity contribution in [3.8, 4) is 0 Å². The normalized spacial score (nSPS) is 20.1. The van der Waals surface area contributed by atoms with Crippen LogP contribution in [0.1, 0.15) is 18.4 Å². The molecule has 1 aromatic rings. The lowest BCUT2D eigenvalue weighted by atomic mass is 9.95. The van der Waals surface area contributed by atoms with Crippen LogP contribution in [-0.2, 0) is 10.9 Å². The summed E-state index contributed by atoms with van der Waals surface area (Å²) in [5.41, 5.74) is -1.58. The Labute approximate surface area is 160 Å². The Bertz CT molecular complexity index is 688. The molecule has 3 rings (SSSR count). The van der Waals surface area contributed by atoms with Gasteiger partial charge in [-0.1, -0.05) is 11.6 Å². The Hall–Kier alpha value is -1.58. The second kappa shape index (κ2) is 8.20. The first-order chi connectivity index (χ1) is 12.8. The van der Waals surface area contributed by atoms with E-state index in [-0.39, 0.29) is 5.69 Å². The van der Waals surface area contributed by atoms with Gasteiger partial charge in [-0.15, -0.1) is 0 Å². The molecule has 0 radical (unpaired) electrons. The lowest BCUT2D eigenvalue weighted by Crippen LogP contribution is -2.43. The Balaban J connectivity index is 1.71. The number of nitro benzene ring substituents is 1. The molecule has 0 amide bonds. The number of hydrogen-bond acceptors (Lipinski definition) is 5. The third-order valence-electron chi connectivity index (χ3n) is 5.14. The quantitative estimate of drug-likeness (QED) is 0.561. The fourth-order valence-electron chi connectivity index (χ4n) is 3.67. The number of benzene rings is 1. The van der Waals surface area contributed by atoms with E-state index in [1.165, 1.54) is 0 Å². The van der Waals surface area contributed by atoms with E-state index >= 15 is 0 Å². The molecular formula is C17H21ClF3N3O3. The van der Waals surface area contributed by atoms with Gasteiger partial charge in [0.05, 0.1) is 28.7 Å². The molecular weight excluding hydrogens is 387 g/mol. The van der Waals surface area contributed by atoms with E-state index in [9.17, 15) is 23.3 Å². The molecule has 0 N–H and O–H groups in total. The maximum Gasteiger partial charge on any atom is 0.418 e. The second-order valence-corrected chi connectivity index (χ2v) is 7.33. The van der Waals surface area contributed by atoms with Crippen molar-refractivity contribution >= 4 is 23.0 Å². The summed E-state index contributed by atoms with van der Waals surface area (Å²) in [6, 6.07) is 1.61. The lowest BCUT2D eigenvalue weighted by Gasteiger charge is -2.37. The minimum Gasteiger partial charge on any atom is -0.379 e. The number of nitro groups is 1. The number of nitrogens with zero attached hydrogens (tertiary/aromatic N) is 3. The molecule has 27 heavy (non-hydrogen) atoms. The minimum atomic E-state index is -4.73. The zero-order valence-corrected chi connectivity index (χ0v) is 15.4. The van der Waals surface area contributed by atoms with Crippen LogP contribution in [0.25, 0.3) is 0 Å². The van der Waals surface area contributed by atoms with Gasteiger partial charge in [0.1, 0.15) is 5.69 Å². The summed E-state index contributed by atoms with van der Waals surface area (Å²) in [6.45, 7) is 5.33. The first-order valence-electron chi connectivity index (χ1n) is 8.86. The van der Waals surface area contributed by atoms with E-state index in [4.69, 9.17) is 16.3 Å². The molecule has 1 aromatic carbocycles. The van der Waals surface area contributed by atoms with Crippen molar-refractivity contribution in [2.45, 2.75) is 19.0 Å². The van der Waals surface area contributed by atoms with Gasteiger partial charge < -0.3 is 9.64 Å². The van der Waals surface area contributed by atoms with Gasteiger partial charge in [0.15, 0.2) is 0 Å². The van der Waals surface area contributed by atoms with Crippen molar-refractivity contribution in [3.63, 3.8) is 0 Å². The Morgan fingerprint density at radius 2 is 1.81 bits per heavy atom. The fraction of sp³-hybridized carbons (Fsp3) is 0.647. The third-order valence-corrected chi connectivity index (χ3v) is 5.45. The van der Waals surface area contributed by atoms with E-state index in [0.29, 0.717) is 25.1 Å². The summed E-state index contributed by atoms with van der Waals surface area (Å²) in [5.74, 6) is 0.461. The fourth-order valence-corrected chi connectivity index (χ4v) is 3.94. The van der Waals surface area contributed by atoms with Gasteiger partial charge in [-0.05, 0) is 24.8 Å². The highest BCUT2D eigenvalue weighted by molar-refractivity contribution is 6.31. The molecule has 0 bridgehead atoms. The third kappa shape index (κ3) is 4.83. The van der Waals surface area contributed by atoms with Crippen LogP contribution in [-0.4, -0.2) is 55.8 Å². The largest absolute Gasteiger partial charge is 0.418 e. The molecule has 0 saturated carbocycles. The molecule has 6 nitrogen and oxygen atoms in total. The predicted molar refractivity (Wildman–Crippen MR) is 95.3 cm³/mol. The number of ether oxygens (including phenoxy) is 1. The first kappa shape index (κ1) is 20.2. The zero-order chi connectivity index (χ0) is 19.6. The maximum atomic E-state index is 13.0. The maximum absolute atomic E-state index is 13.0. The SMILES string of the molecule is O=[N+]([O-])c1cc(C(F)(F)F)c(Cl)cc1N1CCC(CN2CCOCC2)CC1. The topological polar surface area (TPSA) is 58.9 Å². The van der Waals surface area contributed by atoms with E-state index in [1.807, 2.05) is 0 Å².